The molecule has 4 nitrogen and oxygen atoms in total. The summed E-state index contributed by atoms with van der Waals surface area (Å²) in [6, 6.07) is 9.40. The van der Waals surface area contributed by atoms with Gasteiger partial charge in [0.15, 0.2) is 0 Å². The predicted octanol–water partition coefficient (Wildman–Crippen LogP) is 2.81. The van der Waals surface area contributed by atoms with Gasteiger partial charge in [0.2, 0.25) is 0 Å². The molecule has 0 saturated heterocycles. The van der Waals surface area contributed by atoms with Gasteiger partial charge in [-0.2, -0.15) is 0 Å². The van der Waals surface area contributed by atoms with Gasteiger partial charge in [-0.3, -0.25) is 4.79 Å². The molecule has 0 aliphatic heterocycles. The number of carbonyl (C=O) groups is 1. The molecular formula is C14H12ClNO3. The van der Waals surface area contributed by atoms with E-state index in [1.807, 2.05) is 13.0 Å². The molecule has 19 heavy (non-hydrogen) atoms. The van der Waals surface area contributed by atoms with Crippen molar-refractivity contribution in [2.45, 2.75) is 13.0 Å². The zero-order valence-electron chi connectivity index (χ0n) is 10.2. The van der Waals surface area contributed by atoms with E-state index in [1.54, 1.807) is 18.2 Å². The van der Waals surface area contributed by atoms with E-state index < -0.39 is 5.97 Å². The third-order valence-electron chi connectivity index (χ3n) is 2.93. The first kappa shape index (κ1) is 13.4. The molecule has 0 spiro atoms. The number of rotatable bonds is 3. The molecule has 0 amide bonds. The minimum atomic E-state index is -1.06. The minimum Gasteiger partial charge on any atom is -0.478 e. The van der Waals surface area contributed by atoms with E-state index in [0.29, 0.717) is 5.02 Å². The second-order valence-electron chi connectivity index (χ2n) is 4.20. The van der Waals surface area contributed by atoms with Crippen LogP contribution >= 0.6 is 11.6 Å². The second-order valence-corrected chi connectivity index (χ2v) is 4.64. The summed E-state index contributed by atoms with van der Waals surface area (Å²) in [7, 11) is 0. The molecule has 0 radical (unpaired) electrons. The average Bonchev–Trinajstić information content (AvgIpc) is 2.38. The van der Waals surface area contributed by atoms with E-state index in [4.69, 9.17) is 16.7 Å². The van der Waals surface area contributed by atoms with E-state index >= 15 is 0 Å². The summed E-state index contributed by atoms with van der Waals surface area (Å²) in [5.41, 5.74) is 0.670. The van der Waals surface area contributed by atoms with E-state index in [-0.39, 0.29) is 17.2 Å². The Morgan fingerprint density at radius 1 is 1.32 bits per heavy atom. The topological polar surface area (TPSA) is 59.3 Å². The summed E-state index contributed by atoms with van der Waals surface area (Å²) in [5.74, 6) is -1.06. The average molecular weight is 278 g/mol. The quantitative estimate of drug-likeness (QED) is 0.938. The third kappa shape index (κ3) is 2.85. The van der Waals surface area contributed by atoms with Crippen molar-refractivity contribution >= 4 is 17.6 Å². The van der Waals surface area contributed by atoms with Gasteiger partial charge in [0.25, 0.3) is 5.56 Å². The van der Waals surface area contributed by atoms with Crippen LogP contribution in [0, 0.1) is 0 Å². The smallest absolute Gasteiger partial charge is 0.337 e. The molecule has 0 aliphatic carbocycles. The number of carboxylic acid groups (broad SMARTS) is 1. The van der Waals surface area contributed by atoms with Crippen LogP contribution in [0.4, 0.5) is 0 Å². The van der Waals surface area contributed by atoms with Gasteiger partial charge < -0.3 is 9.67 Å². The van der Waals surface area contributed by atoms with Crippen molar-refractivity contribution in [3.63, 3.8) is 0 Å². The number of benzene rings is 1. The van der Waals surface area contributed by atoms with Crippen molar-refractivity contribution in [3.05, 3.63) is 69.1 Å². The molecule has 0 bridgehead atoms. The SMILES string of the molecule is CC(c1cccc(Cl)c1)n1cc(C(=O)O)ccc1=O. The van der Waals surface area contributed by atoms with Gasteiger partial charge >= 0.3 is 5.97 Å². The van der Waals surface area contributed by atoms with Crippen molar-refractivity contribution < 1.29 is 9.90 Å². The monoisotopic (exact) mass is 277 g/mol. The van der Waals surface area contributed by atoms with Crippen LogP contribution in [-0.4, -0.2) is 15.6 Å². The number of carboxylic acids is 1. The van der Waals surface area contributed by atoms with Gasteiger partial charge in [-0.15, -0.1) is 0 Å². The van der Waals surface area contributed by atoms with Crippen LogP contribution in [0.1, 0.15) is 28.9 Å². The van der Waals surface area contributed by atoms with Gasteiger partial charge in [-0.25, -0.2) is 4.79 Å². The van der Waals surface area contributed by atoms with E-state index in [9.17, 15) is 9.59 Å². The van der Waals surface area contributed by atoms with Crippen molar-refractivity contribution in [2.24, 2.45) is 0 Å². The summed E-state index contributed by atoms with van der Waals surface area (Å²) < 4.78 is 1.38. The fourth-order valence-corrected chi connectivity index (χ4v) is 2.06. The fourth-order valence-electron chi connectivity index (χ4n) is 1.86. The molecule has 1 aromatic carbocycles. The number of halogens is 1. The summed E-state index contributed by atoms with van der Waals surface area (Å²) in [4.78, 5) is 22.8. The first-order chi connectivity index (χ1) is 8.99. The number of aromatic carboxylic acids is 1. The molecule has 1 N–H and O–H groups in total. The Morgan fingerprint density at radius 2 is 2.05 bits per heavy atom. The lowest BCUT2D eigenvalue weighted by molar-refractivity contribution is 0.0695. The summed E-state index contributed by atoms with van der Waals surface area (Å²) >= 11 is 5.92. The Hall–Kier alpha value is -2.07. The maximum atomic E-state index is 11.8. The lowest BCUT2D eigenvalue weighted by Crippen LogP contribution is -2.23. The normalized spacial score (nSPS) is 12.1. The van der Waals surface area contributed by atoms with Gasteiger partial charge in [0.05, 0.1) is 11.6 Å². The molecular weight excluding hydrogens is 266 g/mol. The number of nitrogens with zero attached hydrogens (tertiary/aromatic N) is 1. The maximum absolute atomic E-state index is 11.8. The Balaban J connectivity index is 2.49. The molecule has 2 aromatic rings. The van der Waals surface area contributed by atoms with Gasteiger partial charge in [0.1, 0.15) is 0 Å². The van der Waals surface area contributed by atoms with Crippen molar-refractivity contribution in [1.29, 1.82) is 0 Å². The summed E-state index contributed by atoms with van der Waals surface area (Å²) in [6.07, 6.45) is 1.34. The van der Waals surface area contributed by atoms with Crippen molar-refractivity contribution in [3.8, 4) is 0 Å². The highest BCUT2D eigenvalue weighted by molar-refractivity contribution is 6.30. The highest BCUT2D eigenvalue weighted by Gasteiger charge is 2.12. The van der Waals surface area contributed by atoms with E-state index in [2.05, 4.69) is 0 Å². The Labute approximate surface area is 114 Å². The molecule has 98 valence electrons. The second kappa shape index (κ2) is 5.28. The number of hydrogen-bond donors (Lipinski definition) is 1. The third-order valence-corrected chi connectivity index (χ3v) is 3.17. The van der Waals surface area contributed by atoms with Crippen LogP contribution in [0.25, 0.3) is 0 Å². The largest absolute Gasteiger partial charge is 0.478 e. The molecule has 0 saturated carbocycles. The summed E-state index contributed by atoms with van der Waals surface area (Å²) in [6.45, 7) is 1.82. The lowest BCUT2D eigenvalue weighted by Gasteiger charge is -2.16. The minimum absolute atomic E-state index is 0.0773. The zero-order chi connectivity index (χ0) is 14.0. The Kier molecular flexibility index (Phi) is 3.71. The standard InChI is InChI=1S/C14H12ClNO3/c1-9(10-3-2-4-12(15)7-10)16-8-11(14(18)19)5-6-13(16)17/h2-9H,1H3,(H,18,19). The van der Waals surface area contributed by atoms with E-state index in [1.165, 1.54) is 22.9 Å². The molecule has 1 unspecified atom stereocenters. The van der Waals surface area contributed by atoms with Crippen LogP contribution in [0.5, 0.6) is 0 Å². The molecule has 1 aromatic heterocycles. The summed E-state index contributed by atoms with van der Waals surface area (Å²) in [5, 5.41) is 9.54. The molecule has 0 fully saturated rings. The molecule has 0 aliphatic rings. The van der Waals surface area contributed by atoms with Crippen LogP contribution < -0.4 is 5.56 Å². The van der Waals surface area contributed by atoms with E-state index in [0.717, 1.165) is 5.56 Å². The highest BCUT2D eigenvalue weighted by atomic mass is 35.5. The van der Waals surface area contributed by atoms with Gasteiger partial charge in [0, 0.05) is 17.3 Å². The predicted molar refractivity (Wildman–Crippen MR) is 72.9 cm³/mol. The van der Waals surface area contributed by atoms with Gasteiger partial charge in [-0.05, 0) is 30.7 Å². The van der Waals surface area contributed by atoms with Crippen LogP contribution in [0.2, 0.25) is 5.02 Å². The molecule has 5 heteroatoms. The molecule has 1 heterocycles. The number of aromatic nitrogens is 1. The number of pyridine rings is 1. The van der Waals surface area contributed by atoms with Crippen LogP contribution in [0.15, 0.2) is 47.4 Å². The van der Waals surface area contributed by atoms with Crippen molar-refractivity contribution in [1.82, 2.24) is 4.57 Å². The maximum Gasteiger partial charge on any atom is 0.337 e. The Bertz CT molecular complexity index is 678. The van der Waals surface area contributed by atoms with Crippen LogP contribution in [-0.2, 0) is 0 Å². The van der Waals surface area contributed by atoms with Gasteiger partial charge in [-0.1, -0.05) is 23.7 Å². The fraction of sp³-hybridized carbons (Fsp3) is 0.143. The highest BCUT2D eigenvalue weighted by Crippen LogP contribution is 2.20. The first-order valence-electron chi connectivity index (χ1n) is 5.70. The van der Waals surface area contributed by atoms with Crippen molar-refractivity contribution in [2.75, 3.05) is 0 Å². The lowest BCUT2D eigenvalue weighted by atomic mass is 10.1. The van der Waals surface area contributed by atoms with Crippen LogP contribution in [0.3, 0.4) is 0 Å². The first-order valence-corrected chi connectivity index (χ1v) is 6.08. The Morgan fingerprint density at radius 3 is 2.68 bits per heavy atom. The number of hydrogen-bond acceptors (Lipinski definition) is 2. The zero-order valence-corrected chi connectivity index (χ0v) is 11.0. The molecule has 2 rings (SSSR count). The molecule has 1 atom stereocenters.